The molecule has 4 N–H and O–H groups in total. The molecule has 5 aromatic heterocycles. The molecule has 2 unspecified atom stereocenters. The quantitative estimate of drug-likeness (QED) is 0.227. The second-order valence-corrected chi connectivity index (χ2v) is 13.8. The largest absolute Gasteiger partial charge is 0.472 e. The zero-order chi connectivity index (χ0) is 31.1. The summed E-state index contributed by atoms with van der Waals surface area (Å²) < 4.78 is 73.7. The molecule has 238 valence electrons. The number of imidazole rings is 3. The lowest BCUT2D eigenvalue weighted by molar-refractivity contribution is -0.0483. The Labute approximate surface area is 251 Å². The number of fused-ring (bicyclic) bond motifs is 6. The van der Waals surface area contributed by atoms with Gasteiger partial charge in [-0.25, -0.2) is 38.4 Å². The topological polar surface area (TPSA) is 238 Å². The molecule has 3 fully saturated rings. The number of halogens is 1. The smallest absolute Gasteiger partial charge is 0.382 e. The highest BCUT2D eigenvalue weighted by atomic mass is 31.2. The van der Waals surface area contributed by atoms with Gasteiger partial charge < -0.3 is 29.4 Å². The van der Waals surface area contributed by atoms with Crippen LogP contribution in [-0.4, -0.2) is 91.4 Å². The third kappa shape index (κ3) is 5.02. The van der Waals surface area contributed by atoms with Crippen LogP contribution in [0.3, 0.4) is 0 Å². The molecule has 0 aromatic carbocycles. The Hall–Kier alpha value is -3.45. The van der Waals surface area contributed by atoms with Crippen molar-refractivity contribution in [2.75, 3.05) is 25.6 Å². The van der Waals surface area contributed by atoms with Crippen molar-refractivity contribution in [3.05, 3.63) is 37.6 Å². The highest BCUT2D eigenvalue weighted by molar-refractivity contribution is 7.47. The summed E-state index contributed by atoms with van der Waals surface area (Å²) in [5.74, 6) is -0.343. The number of hydrogen-bond acceptors (Lipinski definition) is 14. The molecule has 19 nitrogen and oxygen atoms in total. The normalized spacial score (nSPS) is 36.2. The summed E-state index contributed by atoms with van der Waals surface area (Å²) in [4.78, 5) is 46.2. The number of nitrogen functional groups attached to an aromatic ring is 1. The number of nitrogens with two attached hydrogens (primary N) is 1. The molecule has 2 aliphatic heterocycles. The van der Waals surface area contributed by atoms with E-state index in [0.29, 0.717) is 34.5 Å². The van der Waals surface area contributed by atoms with E-state index in [9.17, 15) is 18.9 Å². The van der Waals surface area contributed by atoms with E-state index in [0.717, 1.165) is 0 Å². The maximum absolute atomic E-state index is 16.0. The first kappa shape index (κ1) is 29.0. The maximum atomic E-state index is 16.0. The summed E-state index contributed by atoms with van der Waals surface area (Å²) in [6.45, 7) is -1.29. The summed E-state index contributed by atoms with van der Waals surface area (Å²) in [6, 6.07) is -0.343. The second kappa shape index (κ2) is 10.5. The van der Waals surface area contributed by atoms with Gasteiger partial charge in [0.1, 0.15) is 29.6 Å². The first-order chi connectivity index (χ1) is 21.6. The van der Waals surface area contributed by atoms with Crippen molar-refractivity contribution in [3.8, 4) is 0 Å². The monoisotopic (exact) mass is 666 g/mol. The fraction of sp³-hybridized carbons (Fsp3) is 0.478. The van der Waals surface area contributed by atoms with Gasteiger partial charge in [0, 0.05) is 30.6 Å². The van der Waals surface area contributed by atoms with Crippen LogP contribution in [0, 0.1) is 11.8 Å². The number of phosphoric acid groups is 2. The highest BCUT2D eigenvalue weighted by Gasteiger charge is 2.52. The number of aromatic nitrogens is 9. The molecular weight excluding hydrogens is 641 g/mol. The minimum absolute atomic E-state index is 0.186. The lowest BCUT2D eigenvalue weighted by Gasteiger charge is -2.45. The van der Waals surface area contributed by atoms with Gasteiger partial charge in [0.05, 0.1) is 32.5 Å². The zero-order valence-corrected chi connectivity index (χ0v) is 24.7. The molecule has 45 heavy (non-hydrogen) atoms. The van der Waals surface area contributed by atoms with E-state index < -0.39 is 58.7 Å². The van der Waals surface area contributed by atoms with Crippen molar-refractivity contribution in [1.29, 1.82) is 0 Å². The number of nitrogens with zero attached hydrogens (tertiary/aromatic N) is 9. The van der Waals surface area contributed by atoms with Crippen molar-refractivity contribution >= 4 is 49.6 Å². The average molecular weight is 666 g/mol. The predicted molar refractivity (Wildman–Crippen MR) is 148 cm³/mol. The van der Waals surface area contributed by atoms with E-state index in [-0.39, 0.29) is 25.1 Å². The van der Waals surface area contributed by atoms with Crippen LogP contribution >= 0.6 is 15.6 Å². The van der Waals surface area contributed by atoms with Gasteiger partial charge in [-0.15, -0.1) is 0 Å². The molecule has 7 heterocycles. The SMILES string of the molecule is Nc1ncnc2c1ncn2[C@@H]1C[C@@H]2COP(=O)(O)O[C@H]3[C@@H](F)[C@H](n4cnc5nc6nccn6c5c4)O[C@@H]3COP(=O)(O)OC[C@H]21. The fourth-order valence-corrected chi connectivity index (χ4v) is 7.85. The molecule has 1 saturated carbocycles. The van der Waals surface area contributed by atoms with E-state index in [2.05, 4.69) is 29.9 Å². The molecule has 5 aromatic rings. The second-order valence-electron chi connectivity index (χ2n) is 11.0. The highest BCUT2D eigenvalue weighted by Crippen LogP contribution is 2.55. The number of phosphoric ester groups is 2. The van der Waals surface area contributed by atoms with Crippen LogP contribution < -0.4 is 5.73 Å². The molecule has 8 rings (SSSR count). The van der Waals surface area contributed by atoms with Gasteiger partial charge in [0.2, 0.25) is 5.78 Å². The Bertz CT molecular complexity index is 2020. The van der Waals surface area contributed by atoms with Crippen molar-refractivity contribution < 1.29 is 46.1 Å². The lowest BCUT2D eigenvalue weighted by Crippen LogP contribution is -2.43. The van der Waals surface area contributed by atoms with E-state index in [1.807, 2.05) is 0 Å². The summed E-state index contributed by atoms with van der Waals surface area (Å²) in [5, 5.41) is 0. The molecule has 3 aliphatic rings. The van der Waals surface area contributed by atoms with Crippen LogP contribution in [0.5, 0.6) is 0 Å². The molecule has 9 atom stereocenters. The summed E-state index contributed by atoms with van der Waals surface area (Å²) in [6.07, 6.45) is 2.58. The Kier molecular flexibility index (Phi) is 6.79. The number of hydrogen-bond donors (Lipinski definition) is 3. The van der Waals surface area contributed by atoms with Gasteiger partial charge in [-0.05, 0) is 12.3 Å². The number of alkyl halides is 1. The minimum Gasteiger partial charge on any atom is -0.382 e. The summed E-state index contributed by atoms with van der Waals surface area (Å²) in [7, 11) is -9.59. The first-order valence-electron chi connectivity index (χ1n) is 13.7. The van der Waals surface area contributed by atoms with Crippen LogP contribution in [0.2, 0.25) is 0 Å². The first-order valence-corrected chi connectivity index (χ1v) is 16.7. The van der Waals surface area contributed by atoms with E-state index >= 15 is 4.39 Å². The van der Waals surface area contributed by atoms with Crippen molar-refractivity contribution in [2.45, 2.75) is 37.1 Å². The maximum Gasteiger partial charge on any atom is 0.472 e. The Morgan fingerprint density at radius 2 is 1.82 bits per heavy atom. The van der Waals surface area contributed by atoms with Crippen LogP contribution in [0.1, 0.15) is 18.7 Å². The van der Waals surface area contributed by atoms with Gasteiger partial charge in [-0.2, -0.15) is 4.98 Å². The van der Waals surface area contributed by atoms with Gasteiger partial charge >= 0.3 is 15.6 Å². The van der Waals surface area contributed by atoms with Crippen molar-refractivity contribution in [3.63, 3.8) is 0 Å². The van der Waals surface area contributed by atoms with Gasteiger partial charge in [-0.3, -0.25) is 22.5 Å². The minimum atomic E-state index is -4.87. The van der Waals surface area contributed by atoms with Crippen LogP contribution in [0.4, 0.5) is 10.2 Å². The van der Waals surface area contributed by atoms with Crippen LogP contribution in [0.25, 0.3) is 28.1 Å². The predicted octanol–water partition coefficient (Wildman–Crippen LogP) is 1.56. The fourth-order valence-electron chi connectivity index (χ4n) is 6.08. The summed E-state index contributed by atoms with van der Waals surface area (Å²) in [5.41, 5.74) is 7.58. The molecule has 22 heteroatoms. The van der Waals surface area contributed by atoms with E-state index in [4.69, 9.17) is 28.6 Å². The molecule has 2 saturated heterocycles. The number of rotatable bonds is 2. The van der Waals surface area contributed by atoms with Crippen LogP contribution in [0.15, 0.2) is 37.6 Å². The average Bonchev–Trinajstić information content (AvgIpc) is 3.75. The standard InChI is InChI=1S/C23H25FN10O9P2/c24-16-18-15(42-22(16)32-4-14-20(30-9-32)31-23-26-1-2-33(14)23)7-41-44(35,36)40-6-12-11(5-39-45(37,38)43-18)3-13(12)34-10-29-17-19(25)27-8-28-21(17)34/h1-2,4,8-13,15-16,18,22H,3,5-7H2,(H,35,36)(H,37,38)(H2,25,27,28)/t11-,12-,13-,15-,16-,18-,22-/m1/s1. The third-order valence-corrected chi connectivity index (χ3v) is 10.3. The van der Waals surface area contributed by atoms with Crippen molar-refractivity contribution in [2.24, 2.45) is 11.8 Å². The van der Waals surface area contributed by atoms with E-state index in [1.54, 1.807) is 21.4 Å². The Morgan fingerprint density at radius 3 is 2.69 bits per heavy atom. The molecule has 0 radical (unpaired) electrons. The van der Waals surface area contributed by atoms with Crippen LogP contribution in [-0.2, 0) is 32.0 Å². The molecule has 0 amide bonds. The van der Waals surface area contributed by atoms with Gasteiger partial charge in [0.15, 0.2) is 29.5 Å². The third-order valence-electron chi connectivity index (χ3n) is 8.39. The van der Waals surface area contributed by atoms with Gasteiger partial charge in [0.25, 0.3) is 0 Å². The van der Waals surface area contributed by atoms with Gasteiger partial charge in [-0.1, -0.05) is 0 Å². The Balaban J connectivity index is 1.05. The van der Waals surface area contributed by atoms with Crippen molar-refractivity contribution in [1.82, 2.24) is 43.4 Å². The molecular formula is C23H25FN10O9P2. The number of ether oxygens (including phenoxy) is 1. The lowest BCUT2D eigenvalue weighted by atomic mass is 9.70. The molecule has 1 aliphatic carbocycles. The Morgan fingerprint density at radius 1 is 1.00 bits per heavy atom. The zero-order valence-electron chi connectivity index (χ0n) is 23.0. The molecule has 0 bridgehead atoms. The van der Waals surface area contributed by atoms with E-state index in [1.165, 1.54) is 29.7 Å². The summed E-state index contributed by atoms with van der Waals surface area (Å²) >= 11 is 0. The number of anilines is 1. The molecule has 0 spiro atoms.